The first-order valence-corrected chi connectivity index (χ1v) is 8.81. The van der Waals surface area contributed by atoms with Gasteiger partial charge < -0.3 is 15.7 Å². The third kappa shape index (κ3) is 4.36. The van der Waals surface area contributed by atoms with Gasteiger partial charge in [-0.05, 0) is 55.2 Å². The number of rotatable bonds is 7. The fourth-order valence-corrected chi connectivity index (χ4v) is 3.11. The Kier molecular flexibility index (Phi) is 5.69. The van der Waals surface area contributed by atoms with Gasteiger partial charge in [-0.15, -0.1) is 0 Å². The van der Waals surface area contributed by atoms with E-state index in [0.717, 1.165) is 24.0 Å². The molecule has 122 valence electrons. The molecule has 2 rings (SSSR count). The molecule has 0 saturated heterocycles. The molecule has 22 heavy (non-hydrogen) atoms. The van der Waals surface area contributed by atoms with Crippen LogP contribution in [0.1, 0.15) is 30.9 Å². The fraction of sp³-hybridized carbons (Fsp3) is 0.562. The van der Waals surface area contributed by atoms with Crippen molar-refractivity contribution in [2.75, 3.05) is 12.9 Å². The molecule has 4 nitrogen and oxygen atoms in total. The second-order valence-electron chi connectivity index (χ2n) is 6.00. The molecule has 0 bridgehead atoms. The van der Waals surface area contributed by atoms with Crippen LogP contribution in [0.5, 0.6) is 0 Å². The number of urea groups is 1. The zero-order valence-electron chi connectivity index (χ0n) is 13.0. The van der Waals surface area contributed by atoms with Crippen LogP contribution in [0.3, 0.4) is 0 Å². The van der Waals surface area contributed by atoms with Gasteiger partial charge in [0.05, 0.1) is 12.1 Å². The van der Waals surface area contributed by atoms with E-state index >= 15 is 0 Å². The number of halogens is 1. The zero-order valence-corrected chi connectivity index (χ0v) is 13.8. The first kappa shape index (κ1) is 17.1. The second-order valence-corrected chi connectivity index (χ2v) is 6.87. The van der Waals surface area contributed by atoms with Crippen LogP contribution in [0.4, 0.5) is 9.18 Å². The number of aliphatic hydroxyl groups excluding tert-OH is 1. The van der Waals surface area contributed by atoms with E-state index in [-0.39, 0.29) is 18.5 Å². The summed E-state index contributed by atoms with van der Waals surface area (Å²) in [5.74, 6) is 0.785. The molecule has 1 fully saturated rings. The SMILES string of the molecule is CSCc1cc(F)ccc1CNC(=O)N[C@@](C)(CO)C1CC1. The molecule has 1 aromatic rings. The molecule has 0 radical (unpaired) electrons. The Labute approximate surface area is 134 Å². The van der Waals surface area contributed by atoms with Crippen molar-refractivity contribution in [2.45, 2.75) is 37.6 Å². The summed E-state index contributed by atoms with van der Waals surface area (Å²) < 4.78 is 13.3. The van der Waals surface area contributed by atoms with E-state index in [1.54, 1.807) is 17.8 Å². The Morgan fingerprint density at radius 2 is 2.18 bits per heavy atom. The highest BCUT2D eigenvalue weighted by molar-refractivity contribution is 7.97. The van der Waals surface area contributed by atoms with Gasteiger partial charge in [0.15, 0.2) is 0 Å². The summed E-state index contributed by atoms with van der Waals surface area (Å²) in [7, 11) is 0. The molecule has 0 spiro atoms. The second kappa shape index (κ2) is 7.33. The summed E-state index contributed by atoms with van der Waals surface area (Å²) in [4.78, 5) is 12.0. The minimum absolute atomic E-state index is 0.0701. The topological polar surface area (TPSA) is 61.4 Å². The van der Waals surface area contributed by atoms with E-state index in [4.69, 9.17) is 0 Å². The van der Waals surface area contributed by atoms with Gasteiger partial charge >= 0.3 is 6.03 Å². The minimum atomic E-state index is -0.561. The summed E-state index contributed by atoms with van der Waals surface area (Å²) in [6.07, 6.45) is 4.03. The maximum absolute atomic E-state index is 13.3. The lowest BCUT2D eigenvalue weighted by Gasteiger charge is -2.28. The minimum Gasteiger partial charge on any atom is -0.394 e. The number of hydrogen-bond donors (Lipinski definition) is 3. The zero-order chi connectivity index (χ0) is 16.2. The van der Waals surface area contributed by atoms with Crippen molar-refractivity contribution in [3.05, 3.63) is 35.1 Å². The summed E-state index contributed by atoms with van der Waals surface area (Å²) >= 11 is 1.61. The van der Waals surface area contributed by atoms with Crippen molar-refractivity contribution in [3.8, 4) is 0 Å². The molecule has 2 amide bonds. The molecule has 0 aliphatic heterocycles. The summed E-state index contributed by atoms with van der Waals surface area (Å²) in [6, 6.07) is 4.31. The highest BCUT2D eigenvalue weighted by atomic mass is 32.2. The lowest BCUT2D eigenvalue weighted by atomic mass is 9.97. The molecule has 1 aromatic carbocycles. The van der Waals surface area contributed by atoms with Crippen LogP contribution in [-0.2, 0) is 12.3 Å². The number of nitrogens with one attached hydrogen (secondary N) is 2. The molecule has 6 heteroatoms. The molecule has 1 atom stereocenters. The van der Waals surface area contributed by atoms with E-state index in [0.29, 0.717) is 18.2 Å². The molecule has 0 heterocycles. The van der Waals surface area contributed by atoms with Gasteiger partial charge in [0.1, 0.15) is 5.82 Å². The summed E-state index contributed by atoms with van der Waals surface area (Å²) in [5.41, 5.74) is 1.23. The third-order valence-electron chi connectivity index (χ3n) is 4.11. The van der Waals surface area contributed by atoms with E-state index in [1.165, 1.54) is 12.1 Å². The molecule has 1 aliphatic rings. The molecule has 3 N–H and O–H groups in total. The maximum atomic E-state index is 13.3. The number of thioether (sulfide) groups is 1. The number of carbonyl (C=O) groups excluding carboxylic acids is 1. The van der Waals surface area contributed by atoms with E-state index in [9.17, 15) is 14.3 Å². The normalized spacial score (nSPS) is 16.9. The van der Waals surface area contributed by atoms with Gasteiger partial charge in [0, 0.05) is 12.3 Å². The summed E-state index contributed by atoms with van der Waals surface area (Å²) in [6.45, 7) is 2.13. The van der Waals surface area contributed by atoms with Gasteiger partial charge in [-0.2, -0.15) is 11.8 Å². The Balaban J connectivity index is 1.93. The van der Waals surface area contributed by atoms with Crippen molar-refractivity contribution in [1.82, 2.24) is 10.6 Å². The Morgan fingerprint density at radius 1 is 1.45 bits per heavy atom. The lowest BCUT2D eigenvalue weighted by molar-refractivity contribution is 0.155. The highest BCUT2D eigenvalue weighted by Crippen LogP contribution is 2.39. The van der Waals surface area contributed by atoms with E-state index < -0.39 is 5.54 Å². The van der Waals surface area contributed by atoms with Crippen LogP contribution < -0.4 is 10.6 Å². The van der Waals surface area contributed by atoms with Crippen molar-refractivity contribution < 1.29 is 14.3 Å². The van der Waals surface area contributed by atoms with Crippen LogP contribution in [0.25, 0.3) is 0 Å². The van der Waals surface area contributed by atoms with Crippen LogP contribution >= 0.6 is 11.8 Å². The predicted molar refractivity (Wildman–Crippen MR) is 87.2 cm³/mol. The number of hydrogen-bond acceptors (Lipinski definition) is 3. The smallest absolute Gasteiger partial charge is 0.315 e. The monoisotopic (exact) mass is 326 g/mol. The Bertz CT molecular complexity index is 537. The molecule has 1 saturated carbocycles. The van der Waals surface area contributed by atoms with Gasteiger partial charge in [-0.1, -0.05) is 6.07 Å². The number of amides is 2. The average molecular weight is 326 g/mol. The molecular weight excluding hydrogens is 303 g/mol. The van der Waals surface area contributed by atoms with Crippen LogP contribution in [-0.4, -0.2) is 29.5 Å². The van der Waals surface area contributed by atoms with Crippen molar-refractivity contribution >= 4 is 17.8 Å². The van der Waals surface area contributed by atoms with Crippen LogP contribution in [0, 0.1) is 11.7 Å². The first-order chi connectivity index (χ1) is 10.5. The predicted octanol–water partition coefficient (Wildman–Crippen LogP) is 2.65. The fourth-order valence-electron chi connectivity index (χ4n) is 2.53. The number of carbonyl (C=O) groups is 1. The standard InChI is InChI=1S/C16H23FN2O2S/c1-16(10-20,13-4-5-13)19-15(21)18-8-11-3-6-14(17)7-12(11)9-22-2/h3,6-7,13,20H,4-5,8-10H2,1-2H3,(H2,18,19,21)/t16-/m0/s1. The summed E-state index contributed by atoms with van der Waals surface area (Å²) in [5, 5.41) is 15.1. The Hall–Kier alpha value is -1.27. The third-order valence-corrected chi connectivity index (χ3v) is 4.71. The number of benzene rings is 1. The average Bonchev–Trinajstić information content (AvgIpc) is 3.31. The van der Waals surface area contributed by atoms with Gasteiger partial charge in [0.25, 0.3) is 0 Å². The maximum Gasteiger partial charge on any atom is 0.315 e. The molecule has 0 unspecified atom stereocenters. The Morgan fingerprint density at radius 3 is 2.77 bits per heavy atom. The molecule has 1 aliphatic carbocycles. The number of aliphatic hydroxyl groups is 1. The van der Waals surface area contributed by atoms with E-state index in [1.807, 2.05) is 13.2 Å². The van der Waals surface area contributed by atoms with E-state index in [2.05, 4.69) is 10.6 Å². The largest absolute Gasteiger partial charge is 0.394 e. The molecular formula is C16H23FN2O2S. The van der Waals surface area contributed by atoms with Gasteiger partial charge in [-0.3, -0.25) is 0 Å². The van der Waals surface area contributed by atoms with Crippen LogP contribution in [0.15, 0.2) is 18.2 Å². The molecule has 0 aromatic heterocycles. The quantitative estimate of drug-likeness (QED) is 0.722. The first-order valence-electron chi connectivity index (χ1n) is 7.41. The van der Waals surface area contributed by atoms with Crippen molar-refractivity contribution in [3.63, 3.8) is 0 Å². The lowest BCUT2D eigenvalue weighted by Crippen LogP contribution is -2.53. The van der Waals surface area contributed by atoms with Crippen molar-refractivity contribution in [1.29, 1.82) is 0 Å². The van der Waals surface area contributed by atoms with Gasteiger partial charge in [0.2, 0.25) is 0 Å². The van der Waals surface area contributed by atoms with Crippen LogP contribution in [0.2, 0.25) is 0 Å². The van der Waals surface area contributed by atoms with Crippen molar-refractivity contribution in [2.24, 2.45) is 5.92 Å². The highest BCUT2D eigenvalue weighted by Gasteiger charge is 2.42. The van der Waals surface area contributed by atoms with Gasteiger partial charge in [-0.25, -0.2) is 9.18 Å².